The van der Waals surface area contributed by atoms with Gasteiger partial charge in [-0.05, 0) is 50.7 Å². The van der Waals surface area contributed by atoms with Gasteiger partial charge < -0.3 is 5.32 Å². The SMILES string of the molecule is C[C@H](N[C@H](C)C(=O)Nc1sc2c(c1C#N)CCCCC2)c1ccccc1. The van der Waals surface area contributed by atoms with Crippen molar-refractivity contribution in [2.75, 3.05) is 5.32 Å². The van der Waals surface area contributed by atoms with Crippen LogP contribution in [0.25, 0.3) is 0 Å². The van der Waals surface area contributed by atoms with Crippen molar-refractivity contribution >= 4 is 22.2 Å². The summed E-state index contributed by atoms with van der Waals surface area (Å²) in [5, 5.41) is 16.6. The summed E-state index contributed by atoms with van der Waals surface area (Å²) in [5.74, 6) is -0.0966. The average molecular weight is 368 g/mol. The van der Waals surface area contributed by atoms with Crippen LogP contribution in [0.2, 0.25) is 0 Å². The Hall–Kier alpha value is -2.16. The summed E-state index contributed by atoms with van der Waals surface area (Å²) in [6.45, 7) is 3.91. The number of hydrogen-bond donors (Lipinski definition) is 2. The Balaban J connectivity index is 1.69. The van der Waals surface area contributed by atoms with Gasteiger partial charge in [0.25, 0.3) is 0 Å². The van der Waals surface area contributed by atoms with Gasteiger partial charge in [0.1, 0.15) is 11.1 Å². The molecule has 4 nitrogen and oxygen atoms in total. The molecule has 0 radical (unpaired) electrons. The molecule has 5 heteroatoms. The summed E-state index contributed by atoms with van der Waals surface area (Å²) >= 11 is 1.58. The van der Waals surface area contributed by atoms with Gasteiger partial charge in [-0.2, -0.15) is 5.26 Å². The second kappa shape index (κ2) is 8.48. The van der Waals surface area contributed by atoms with Gasteiger partial charge in [0.15, 0.2) is 0 Å². The molecule has 0 saturated heterocycles. The van der Waals surface area contributed by atoms with Crippen LogP contribution >= 0.6 is 11.3 Å². The number of carbonyl (C=O) groups excluding carboxylic acids is 1. The number of benzene rings is 1. The number of fused-ring (bicyclic) bond motifs is 1. The summed E-state index contributed by atoms with van der Waals surface area (Å²) in [7, 11) is 0. The quantitative estimate of drug-likeness (QED) is 0.761. The van der Waals surface area contributed by atoms with Crippen LogP contribution in [0.15, 0.2) is 30.3 Å². The molecule has 1 aliphatic rings. The highest BCUT2D eigenvalue weighted by atomic mass is 32.1. The van der Waals surface area contributed by atoms with E-state index in [4.69, 9.17) is 0 Å². The van der Waals surface area contributed by atoms with Gasteiger partial charge in [0.05, 0.1) is 11.6 Å². The van der Waals surface area contributed by atoms with E-state index in [-0.39, 0.29) is 18.0 Å². The van der Waals surface area contributed by atoms with Gasteiger partial charge in [-0.15, -0.1) is 11.3 Å². The number of anilines is 1. The van der Waals surface area contributed by atoms with E-state index >= 15 is 0 Å². The topological polar surface area (TPSA) is 64.9 Å². The third-order valence-electron chi connectivity index (χ3n) is 4.96. The lowest BCUT2D eigenvalue weighted by molar-refractivity contribution is -0.117. The van der Waals surface area contributed by atoms with Crippen molar-refractivity contribution in [3.05, 3.63) is 51.9 Å². The molecule has 2 N–H and O–H groups in total. The Bertz CT molecular complexity index is 807. The molecule has 1 aromatic carbocycles. The maximum Gasteiger partial charge on any atom is 0.241 e. The molecular weight excluding hydrogens is 342 g/mol. The number of rotatable bonds is 5. The first-order valence-electron chi connectivity index (χ1n) is 9.26. The van der Waals surface area contributed by atoms with E-state index < -0.39 is 0 Å². The molecule has 1 aliphatic carbocycles. The smallest absolute Gasteiger partial charge is 0.241 e. The Labute approximate surface area is 159 Å². The summed E-state index contributed by atoms with van der Waals surface area (Å²) in [6.07, 6.45) is 5.47. The summed E-state index contributed by atoms with van der Waals surface area (Å²) in [6, 6.07) is 12.1. The number of hydrogen-bond acceptors (Lipinski definition) is 4. The summed E-state index contributed by atoms with van der Waals surface area (Å²) in [5.41, 5.74) is 2.97. The van der Waals surface area contributed by atoms with Crippen molar-refractivity contribution < 1.29 is 4.79 Å². The Kier molecular flexibility index (Phi) is 6.08. The Morgan fingerprint density at radius 2 is 1.88 bits per heavy atom. The fourth-order valence-electron chi connectivity index (χ4n) is 3.46. The van der Waals surface area contributed by atoms with Crippen LogP contribution in [0.3, 0.4) is 0 Å². The predicted molar refractivity (Wildman–Crippen MR) is 106 cm³/mol. The first kappa shape index (κ1) is 18.6. The number of nitrogens with one attached hydrogen (secondary N) is 2. The molecule has 1 aromatic heterocycles. The van der Waals surface area contributed by atoms with Gasteiger partial charge in [-0.1, -0.05) is 36.8 Å². The van der Waals surface area contributed by atoms with Crippen molar-refractivity contribution in [2.24, 2.45) is 0 Å². The highest BCUT2D eigenvalue weighted by Crippen LogP contribution is 2.37. The largest absolute Gasteiger partial charge is 0.315 e. The zero-order valence-electron chi connectivity index (χ0n) is 15.3. The van der Waals surface area contributed by atoms with Crippen molar-refractivity contribution in [3.63, 3.8) is 0 Å². The second-order valence-corrected chi connectivity index (χ2v) is 8.00. The Morgan fingerprint density at radius 1 is 1.15 bits per heavy atom. The van der Waals surface area contributed by atoms with Crippen molar-refractivity contribution in [2.45, 2.75) is 58.0 Å². The van der Waals surface area contributed by atoms with Gasteiger partial charge in [0.2, 0.25) is 5.91 Å². The number of nitriles is 1. The molecule has 0 bridgehead atoms. The fourth-order valence-corrected chi connectivity index (χ4v) is 4.70. The van der Waals surface area contributed by atoms with E-state index in [9.17, 15) is 10.1 Å². The zero-order valence-corrected chi connectivity index (χ0v) is 16.2. The van der Waals surface area contributed by atoms with E-state index in [0.29, 0.717) is 10.6 Å². The highest BCUT2D eigenvalue weighted by Gasteiger charge is 2.23. The monoisotopic (exact) mass is 367 g/mol. The van der Waals surface area contributed by atoms with Crippen LogP contribution in [0.1, 0.15) is 60.7 Å². The van der Waals surface area contributed by atoms with Crippen LogP contribution in [-0.2, 0) is 17.6 Å². The van der Waals surface area contributed by atoms with Crippen molar-refractivity contribution in [1.82, 2.24) is 5.32 Å². The van der Waals surface area contributed by atoms with Crippen LogP contribution in [0.5, 0.6) is 0 Å². The second-order valence-electron chi connectivity index (χ2n) is 6.89. The lowest BCUT2D eigenvalue weighted by Crippen LogP contribution is -2.39. The molecule has 0 saturated carbocycles. The Morgan fingerprint density at radius 3 is 2.62 bits per heavy atom. The van der Waals surface area contributed by atoms with Crippen LogP contribution in [0, 0.1) is 11.3 Å². The van der Waals surface area contributed by atoms with Crippen LogP contribution in [0.4, 0.5) is 5.00 Å². The lowest BCUT2D eigenvalue weighted by atomic mass is 10.1. The number of carbonyl (C=O) groups is 1. The van der Waals surface area contributed by atoms with Crippen LogP contribution in [-0.4, -0.2) is 11.9 Å². The number of amides is 1. The molecular formula is C21H25N3OS. The van der Waals surface area contributed by atoms with E-state index in [0.717, 1.165) is 36.8 Å². The third kappa shape index (κ3) is 4.14. The molecule has 1 amide bonds. The van der Waals surface area contributed by atoms with E-state index in [1.54, 1.807) is 11.3 Å². The van der Waals surface area contributed by atoms with E-state index in [1.165, 1.54) is 11.3 Å². The number of aryl methyl sites for hydroxylation is 1. The number of nitrogens with zero attached hydrogens (tertiary/aromatic N) is 1. The minimum absolute atomic E-state index is 0.0763. The lowest BCUT2D eigenvalue weighted by Gasteiger charge is -2.19. The maximum absolute atomic E-state index is 12.7. The van der Waals surface area contributed by atoms with Crippen LogP contribution < -0.4 is 10.6 Å². The summed E-state index contributed by atoms with van der Waals surface area (Å²) < 4.78 is 0. The van der Waals surface area contributed by atoms with Gasteiger partial charge >= 0.3 is 0 Å². The third-order valence-corrected chi connectivity index (χ3v) is 6.17. The molecule has 1 heterocycles. The summed E-state index contributed by atoms with van der Waals surface area (Å²) in [4.78, 5) is 13.9. The molecule has 26 heavy (non-hydrogen) atoms. The number of thiophene rings is 1. The first-order chi connectivity index (χ1) is 12.6. The normalized spacial score (nSPS) is 16.0. The van der Waals surface area contributed by atoms with Crippen molar-refractivity contribution in [3.8, 4) is 6.07 Å². The minimum atomic E-state index is -0.348. The standard InChI is InChI=1S/C21H25N3OS/c1-14(16-9-5-3-6-10-16)23-15(2)20(25)24-21-18(13-22)17-11-7-4-8-12-19(17)26-21/h3,5-6,9-10,14-15,23H,4,7-8,11-12H2,1-2H3,(H,24,25)/t14-,15+/m0/s1. The van der Waals surface area contributed by atoms with E-state index in [1.807, 2.05) is 44.2 Å². The molecule has 2 atom stereocenters. The van der Waals surface area contributed by atoms with Gasteiger partial charge in [0, 0.05) is 10.9 Å². The average Bonchev–Trinajstić information content (AvgIpc) is 2.81. The maximum atomic E-state index is 12.7. The fraction of sp³-hybridized carbons (Fsp3) is 0.429. The highest BCUT2D eigenvalue weighted by molar-refractivity contribution is 7.16. The molecule has 3 rings (SSSR count). The first-order valence-corrected chi connectivity index (χ1v) is 10.1. The van der Waals surface area contributed by atoms with Gasteiger partial charge in [-0.25, -0.2) is 0 Å². The molecule has 0 spiro atoms. The van der Waals surface area contributed by atoms with Crippen molar-refractivity contribution in [1.29, 1.82) is 5.26 Å². The van der Waals surface area contributed by atoms with Gasteiger partial charge in [-0.3, -0.25) is 10.1 Å². The van der Waals surface area contributed by atoms with E-state index in [2.05, 4.69) is 16.7 Å². The molecule has 136 valence electrons. The molecule has 0 aliphatic heterocycles. The predicted octanol–water partition coefficient (Wildman–Crippen LogP) is 4.57. The molecule has 2 aromatic rings. The minimum Gasteiger partial charge on any atom is -0.315 e. The zero-order chi connectivity index (χ0) is 18.5. The molecule has 0 fully saturated rings. The molecule has 0 unspecified atom stereocenters.